The molecule has 6 rings (SSSR count). The summed E-state index contributed by atoms with van der Waals surface area (Å²) in [4.78, 5) is 54.1. The Kier molecular flexibility index (Phi) is 18.0. The highest BCUT2D eigenvalue weighted by atomic mass is 35.5. The van der Waals surface area contributed by atoms with Crippen molar-refractivity contribution in [3.05, 3.63) is 139 Å². The van der Waals surface area contributed by atoms with Crippen molar-refractivity contribution in [2.24, 2.45) is 0 Å². The maximum absolute atomic E-state index is 13.5. The van der Waals surface area contributed by atoms with E-state index in [9.17, 15) is 29.4 Å². The number of amides is 2. The molecule has 4 aromatic carbocycles. The first-order chi connectivity index (χ1) is 29.8. The number of carbonyl (C=O) groups is 4. The second-order valence-corrected chi connectivity index (χ2v) is 16.5. The normalized spacial score (nSPS) is 22.3. The van der Waals surface area contributed by atoms with E-state index < -0.39 is 60.5 Å². The van der Waals surface area contributed by atoms with Crippen LogP contribution in [0.15, 0.2) is 97.1 Å². The molecule has 332 valence electrons. The highest BCUT2D eigenvalue weighted by molar-refractivity contribution is 6.31. The number of hydrogen-bond acceptors (Lipinski definition) is 10. The molecule has 2 N–H and O–H groups in total. The van der Waals surface area contributed by atoms with Gasteiger partial charge in [0, 0.05) is 20.1 Å². The Labute approximate surface area is 381 Å². The average Bonchev–Trinajstić information content (AvgIpc) is 3.27. The highest BCUT2D eigenvalue weighted by Gasteiger charge is 2.48. The number of esters is 2. The average molecular weight is 933 g/mol. The van der Waals surface area contributed by atoms with Crippen LogP contribution < -0.4 is 0 Å². The van der Waals surface area contributed by atoms with Crippen molar-refractivity contribution < 1.29 is 48.3 Å². The third-order valence-electron chi connectivity index (χ3n) is 10.9. The standard InChI is InChI=1S/2C23H25Cl2NO5/c2*1-3-18(13-27)26-21(14-7-9-16(24)10-8-14)22(15-5-4-6-17(25)11-15)31-19(23(26)29)12-20(28)30-2/h2*4-11,18-19,21-22,27H,3,12-13H2,1-2H3/t18-,19+,21+,22+;18-,19-,21+,22+/m00/s1. The second kappa shape index (κ2) is 22.9. The van der Waals surface area contributed by atoms with Gasteiger partial charge in [0.1, 0.15) is 24.4 Å². The van der Waals surface area contributed by atoms with Gasteiger partial charge in [0.15, 0.2) is 0 Å². The molecule has 2 heterocycles. The Bertz CT molecular complexity index is 1980. The molecular formula is C46H50Cl4N2O10. The van der Waals surface area contributed by atoms with Crippen molar-refractivity contribution in [1.29, 1.82) is 0 Å². The first-order valence-electron chi connectivity index (χ1n) is 20.1. The van der Waals surface area contributed by atoms with Crippen LogP contribution in [0.2, 0.25) is 20.1 Å². The van der Waals surface area contributed by atoms with Crippen LogP contribution in [0.5, 0.6) is 0 Å². The quantitative estimate of drug-likeness (QED) is 0.118. The lowest BCUT2D eigenvalue weighted by atomic mass is 9.89. The highest BCUT2D eigenvalue weighted by Crippen LogP contribution is 2.46. The van der Waals surface area contributed by atoms with Crippen molar-refractivity contribution in [2.75, 3.05) is 27.4 Å². The second-order valence-electron chi connectivity index (χ2n) is 14.7. The third-order valence-corrected chi connectivity index (χ3v) is 11.9. The van der Waals surface area contributed by atoms with E-state index in [2.05, 4.69) is 0 Å². The molecule has 2 saturated heterocycles. The molecule has 0 bridgehead atoms. The largest absolute Gasteiger partial charge is 0.469 e. The third kappa shape index (κ3) is 11.7. The van der Waals surface area contributed by atoms with Gasteiger partial charge in [-0.3, -0.25) is 19.2 Å². The number of carbonyl (C=O) groups excluding carboxylic acids is 4. The van der Waals surface area contributed by atoms with Crippen LogP contribution >= 0.6 is 46.4 Å². The Morgan fingerprint density at radius 3 is 1.23 bits per heavy atom. The molecule has 2 amide bonds. The van der Waals surface area contributed by atoms with Crippen LogP contribution in [0.1, 0.15) is 86.1 Å². The fourth-order valence-electron chi connectivity index (χ4n) is 7.78. The Morgan fingerprint density at radius 1 is 0.581 bits per heavy atom. The summed E-state index contributed by atoms with van der Waals surface area (Å²) in [6.07, 6.45) is -2.71. The van der Waals surface area contributed by atoms with Gasteiger partial charge in [0.05, 0.1) is 64.4 Å². The van der Waals surface area contributed by atoms with E-state index in [1.54, 1.807) is 70.5 Å². The number of ether oxygens (including phenoxy) is 4. The molecule has 0 saturated carbocycles. The maximum atomic E-state index is 13.5. The lowest BCUT2D eigenvalue weighted by molar-refractivity contribution is -0.185. The van der Waals surface area contributed by atoms with Crippen molar-refractivity contribution in [2.45, 2.75) is 88.1 Å². The van der Waals surface area contributed by atoms with Gasteiger partial charge < -0.3 is 39.0 Å². The number of benzene rings is 4. The Morgan fingerprint density at radius 2 is 0.935 bits per heavy atom. The first-order valence-corrected chi connectivity index (χ1v) is 21.6. The van der Waals surface area contributed by atoms with Crippen molar-refractivity contribution in [3.8, 4) is 0 Å². The summed E-state index contributed by atoms with van der Waals surface area (Å²) >= 11 is 24.6. The maximum Gasteiger partial charge on any atom is 0.308 e. The number of morpholine rings is 2. The van der Waals surface area contributed by atoms with E-state index in [1.807, 2.05) is 50.2 Å². The van der Waals surface area contributed by atoms with Gasteiger partial charge >= 0.3 is 11.9 Å². The Hall–Kier alpha value is -4.24. The number of halogens is 4. The molecule has 0 unspecified atom stereocenters. The number of nitrogens with zero attached hydrogens (tertiary/aromatic N) is 2. The van der Waals surface area contributed by atoms with Gasteiger partial charge in [0.2, 0.25) is 0 Å². The Balaban J connectivity index is 0.000000234. The zero-order chi connectivity index (χ0) is 45.1. The van der Waals surface area contributed by atoms with Crippen molar-refractivity contribution >= 4 is 70.2 Å². The predicted molar refractivity (Wildman–Crippen MR) is 236 cm³/mol. The lowest BCUT2D eigenvalue weighted by Gasteiger charge is -2.47. The lowest BCUT2D eigenvalue weighted by Crippen LogP contribution is -2.56. The summed E-state index contributed by atoms with van der Waals surface area (Å²) in [5.41, 5.74) is 3.11. The van der Waals surface area contributed by atoms with Crippen LogP contribution in [-0.2, 0) is 38.1 Å². The van der Waals surface area contributed by atoms with E-state index >= 15 is 0 Å². The van der Waals surface area contributed by atoms with Gasteiger partial charge in [-0.2, -0.15) is 0 Å². The van der Waals surface area contributed by atoms with Gasteiger partial charge in [-0.05, 0) is 83.6 Å². The molecule has 2 fully saturated rings. The fraction of sp³-hybridized carbons (Fsp3) is 0.391. The summed E-state index contributed by atoms with van der Waals surface area (Å²) in [6.45, 7) is 3.34. The summed E-state index contributed by atoms with van der Waals surface area (Å²) in [5, 5.41) is 22.3. The van der Waals surface area contributed by atoms with E-state index in [1.165, 1.54) is 14.2 Å². The van der Waals surface area contributed by atoms with E-state index in [-0.39, 0.29) is 37.9 Å². The van der Waals surface area contributed by atoms with Gasteiger partial charge in [-0.1, -0.05) is 109 Å². The summed E-state index contributed by atoms with van der Waals surface area (Å²) in [5.74, 6) is -1.84. The molecule has 12 nitrogen and oxygen atoms in total. The molecule has 16 heteroatoms. The topological polar surface area (TPSA) is 152 Å². The molecule has 0 aliphatic carbocycles. The molecule has 0 aromatic heterocycles. The molecular weight excluding hydrogens is 882 g/mol. The molecule has 62 heavy (non-hydrogen) atoms. The minimum Gasteiger partial charge on any atom is -0.469 e. The van der Waals surface area contributed by atoms with E-state index in [0.29, 0.717) is 32.9 Å². The fourth-order valence-corrected chi connectivity index (χ4v) is 8.43. The van der Waals surface area contributed by atoms with Crippen molar-refractivity contribution in [3.63, 3.8) is 0 Å². The monoisotopic (exact) mass is 930 g/mol. The van der Waals surface area contributed by atoms with Crippen LogP contribution in [-0.4, -0.2) is 95.5 Å². The van der Waals surface area contributed by atoms with E-state index in [0.717, 1.165) is 22.3 Å². The number of methoxy groups -OCH3 is 2. The van der Waals surface area contributed by atoms with Gasteiger partial charge in [-0.25, -0.2) is 0 Å². The molecule has 8 atom stereocenters. The summed E-state index contributed by atoms with van der Waals surface area (Å²) in [7, 11) is 2.53. The summed E-state index contributed by atoms with van der Waals surface area (Å²) in [6, 6.07) is 26.7. The zero-order valence-corrected chi connectivity index (χ0v) is 37.7. The summed E-state index contributed by atoms with van der Waals surface area (Å²) < 4.78 is 21.9. The van der Waals surface area contributed by atoms with Gasteiger partial charge in [0.25, 0.3) is 11.8 Å². The van der Waals surface area contributed by atoms with Crippen LogP contribution in [0, 0.1) is 0 Å². The molecule has 4 aromatic rings. The van der Waals surface area contributed by atoms with Gasteiger partial charge in [-0.15, -0.1) is 0 Å². The van der Waals surface area contributed by atoms with E-state index in [4.69, 9.17) is 65.4 Å². The first kappa shape index (κ1) is 48.8. The van der Waals surface area contributed by atoms with Crippen LogP contribution in [0.3, 0.4) is 0 Å². The SMILES string of the molecule is CC[C@@H](CO)N1C(=O)[C@@H](CC(=O)OC)O[C@H](c2cccc(Cl)c2)[C@H]1c1ccc(Cl)cc1.CC[C@@H](CO)N1C(=O)[C@H](CC(=O)OC)O[C@H](c2cccc(Cl)c2)[C@H]1c1ccc(Cl)cc1. The van der Waals surface area contributed by atoms with Crippen molar-refractivity contribution in [1.82, 2.24) is 9.80 Å². The van der Waals surface area contributed by atoms with Crippen LogP contribution in [0.25, 0.3) is 0 Å². The number of aliphatic hydroxyl groups is 2. The number of hydrogen-bond donors (Lipinski definition) is 2. The molecule has 0 radical (unpaired) electrons. The number of rotatable bonds is 14. The minimum atomic E-state index is -1.04. The molecule has 2 aliphatic heterocycles. The smallest absolute Gasteiger partial charge is 0.308 e. The molecule has 2 aliphatic rings. The van der Waals surface area contributed by atoms with Crippen LogP contribution in [0.4, 0.5) is 0 Å². The number of aliphatic hydroxyl groups excluding tert-OH is 2. The zero-order valence-electron chi connectivity index (χ0n) is 34.7. The molecule has 0 spiro atoms. The minimum absolute atomic E-state index is 0.223. The predicted octanol–water partition coefficient (Wildman–Crippen LogP) is 8.67.